The molecule has 2 unspecified atom stereocenters. The highest BCUT2D eigenvalue weighted by molar-refractivity contribution is 4.79. The molecule has 1 heteroatoms. The lowest BCUT2D eigenvalue weighted by Gasteiger charge is -2.25. The molecule has 0 rings (SSSR count). The summed E-state index contributed by atoms with van der Waals surface area (Å²) in [6.07, 6.45) is 5.65. The van der Waals surface area contributed by atoms with Gasteiger partial charge in [0.25, 0.3) is 0 Å². The van der Waals surface area contributed by atoms with E-state index in [2.05, 4.69) is 20.4 Å². The van der Waals surface area contributed by atoms with Crippen LogP contribution in [0.2, 0.25) is 0 Å². The highest BCUT2D eigenvalue weighted by Crippen LogP contribution is 2.23. The topological polar surface area (TPSA) is 20.2 Å². The zero-order valence-electron chi connectivity index (χ0n) is 8.64. The lowest BCUT2D eigenvalue weighted by molar-refractivity contribution is 0.0281. The first-order chi connectivity index (χ1) is 5.52. The lowest BCUT2D eigenvalue weighted by atomic mass is 9.88. The maximum absolute atomic E-state index is 9.90. The molecule has 0 saturated heterocycles. The fourth-order valence-electron chi connectivity index (χ4n) is 1.41. The molecular formula is C11H22O. The minimum absolute atomic E-state index is 0.496. The van der Waals surface area contributed by atoms with Crippen molar-refractivity contribution in [1.82, 2.24) is 0 Å². The molecule has 0 aromatic heterocycles. The summed E-state index contributed by atoms with van der Waals surface area (Å²) in [7, 11) is 0. The summed E-state index contributed by atoms with van der Waals surface area (Å²) in [6, 6.07) is 0. The maximum atomic E-state index is 9.90. The molecule has 0 bridgehead atoms. The Morgan fingerprint density at radius 3 is 2.58 bits per heavy atom. The van der Waals surface area contributed by atoms with E-state index >= 15 is 0 Å². The Morgan fingerprint density at radius 1 is 1.58 bits per heavy atom. The monoisotopic (exact) mass is 170 g/mol. The van der Waals surface area contributed by atoms with Crippen molar-refractivity contribution in [3.8, 4) is 0 Å². The SMILES string of the molecule is C=CCCC(C)(O)CC(C)CC. The fourth-order valence-corrected chi connectivity index (χ4v) is 1.41. The van der Waals surface area contributed by atoms with E-state index in [-0.39, 0.29) is 0 Å². The first kappa shape index (κ1) is 11.7. The Morgan fingerprint density at radius 2 is 2.17 bits per heavy atom. The summed E-state index contributed by atoms with van der Waals surface area (Å²) < 4.78 is 0. The van der Waals surface area contributed by atoms with Gasteiger partial charge in [0.15, 0.2) is 0 Å². The molecule has 0 radical (unpaired) electrons. The molecule has 0 aliphatic heterocycles. The van der Waals surface area contributed by atoms with Crippen molar-refractivity contribution in [3.63, 3.8) is 0 Å². The molecule has 0 saturated carbocycles. The lowest BCUT2D eigenvalue weighted by Crippen LogP contribution is -2.26. The Labute approximate surface area is 76.5 Å². The quantitative estimate of drug-likeness (QED) is 0.607. The Balaban J connectivity index is 3.76. The second-order valence-corrected chi connectivity index (χ2v) is 4.04. The molecule has 2 atom stereocenters. The highest BCUT2D eigenvalue weighted by Gasteiger charge is 2.21. The van der Waals surface area contributed by atoms with E-state index in [4.69, 9.17) is 0 Å². The molecule has 1 nitrogen and oxygen atoms in total. The zero-order valence-corrected chi connectivity index (χ0v) is 8.64. The number of aliphatic hydroxyl groups is 1. The van der Waals surface area contributed by atoms with Gasteiger partial charge in [0.05, 0.1) is 5.60 Å². The standard InChI is InChI=1S/C11H22O/c1-5-7-8-11(4,12)9-10(3)6-2/h5,10,12H,1,6-9H2,2-4H3. The van der Waals surface area contributed by atoms with E-state index in [0.717, 1.165) is 25.7 Å². The van der Waals surface area contributed by atoms with Gasteiger partial charge in [-0.1, -0.05) is 26.3 Å². The van der Waals surface area contributed by atoms with E-state index in [1.807, 2.05) is 13.0 Å². The highest BCUT2D eigenvalue weighted by atomic mass is 16.3. The van der Waals surface area contributed by atoms with Crippen molar-refractivity contribution in [1.29, 1.82) is 0 Å². The smallest absolute Gasteiger partial charge is 0.0625 e. The molecule has 72 valence electrons. The van der Waals surface area contributed by atoms with E-state index in [9.17, 15) is 5.11 Å². The summed E-state index contributed by atoms with van der Waals surface area (Å²) in [6.45, 7) is 9.92. The number of allylic oxidation sites excluding steroid dienone is 1. The van der Waals surface area contributed by atoms with Gasteiger partial charge in [0.2, 0.25) is 0 Å². The van der Waals surface area contributed by atoms with Crippen molar-refractivity contribution in [3.05, 3.63) is 12.7 Å². The molecule has 0 amide bonds. The van der Waals surface area contributed by atoms with Crippen LogP contribution in [0.3, 0.4) is 0 Å². The van der Waals surface area contributed by atoms with Crippen LogP contribution in [0, 0.1) is 5.92 Å². The third kappa shape index (κ3) is 5.36. The van der Waals surface area contributed by atoms with Crippen LogP contribution in [0.4, 0.5) is 0 Å². The van der Waals surface area contributed by atoms with E-state index in [1.54, 1.807) is 0 Å². The predicted molar refractivity (Wildman–Crippen MR) is 54.1 cm³/mol. The summed E-state index contributed by atoms with van der Waals surface area (Å²) in [5.41, 5.74) is -0.496. The molecular weight excluding hydrogens is 148 g/mol. The van der Waals surface area contributed by atoms with Gasteiger partial charge in [0, 0.05) is 0 Å². The normalized spacial score (nSPS) is 18.3. The molecule has 0 heterocycles. The van der Waals surface area contributed by atoms with Gasteiger partial charge in [-0.15, -0.1) is 6.58 Å². The van der Waals surface area contributed by atoms with Gasteiger partial charge in [0.1, 0.15) is 0 Å². The molecule has 1 N–H and O–H groups in total. The van der Waals surface area contributed by atoms with Crippen LogP contribution < -0.4 is 0 Å². The van der Waals surface area contributed by atoms with Crippen LogP contribution in [-0.2, 0) is 0 Å². The van der Waals surface area contributed by atoms with Crippen molar-refractivity contribution >= 4 is 0 Å². The summed E-state index contributed by atoms with van der Waals surface area (Å²) in [5, 5.41) is 9.90. The van der Waals surface area contributed by atoms with Gasteiger partial charge in [-0.2, -0.15) is 0 Å². The van der Waals surface area contributed by atoms with Gasteiger partial charge in [-0.25, -0.2) is 0 Å². The molecule has 0 aromatic carbocycles. The van der Waals surface area contributed by atoms with Crippen LogP contribution in [0.15, 0.2) is 12.7 Å². The first-order valence-corrected chi connectivity index (χ1v) is 4.85. The third-order valence-electron chi connectivity index (χ3n) is 2.37. The molecule has 0 spiro atoms. The number of hydrogen-bond acceptors (Lipinski definition) is 1. The molecule has 0 aromatic rings. The second-order valence-electron chi connectivity index (χ2n) is 4.04. The zero-order chi connectivity index (χ0) is 9.61. The average Bonchev–Trinajstić information content (AvgIpc) is 2.00. The van der Waals surface area contributed by atoms with Gasteiger partial charge < -0.3 is 5.11 Å². The molecule has 12 heavy (non-hydrogen) atoms. The summed E-state index contributed by atoms with van der Waals surface area (Å²) in [4.78, 5) is 0. The predicted octanol–water partition coefficient (Wildman–Crippen LogP) is 3.14. The summed E-state index contributed by atoms with van der Waals surface area (Å²) in [5.74, 6) is 0.616. The van der Waals surface area contributed by atoms with Crippen LogP contribution in [0.1, 0.15) is 46.5 Å². The summed E-state index contributed by atoms with van der Waals surface area (Å²) >= 11 is 0. The van der Waals surface area contributed by atoms with Gasteiger partial charge in [-0.05, 0) is 32.1 Å². The maximum Gasteiger partial charge on any atom is 0.0625 e. The van der Waals surface area contributed by atoms with Crippen molar-refractivity contribution in [2.24, 2.45) is 5.92 Å². The number of hydrogen-bond donors (Lipinski definition) is 1. The van der Waals surface area contributed by atoms with E-state index in [0.29, 0.717) is 5.92 Å². The van der Waals surface area contributed by atoms with Crippen molar-refractivity contribution in [2.75, 3.05) is 0 Å². The minimum atomic E-state index is -0.496. The van der Waals surface area contributed by atoms with Crippen LogP contribution >= 0.6 is 0 Å². The van der Waals surface area contributed by atoms with Crippen molar-refractivity contribution < 1.29 is 5.11 Å². The van der Waals surface area contributed by atoms with Crippen LogP contribution in [0.5, 0.6) is 0 Å². The van der Waals surface area contributed by atoms with E-state index < -0.39 is 5.60 Å². The second kappa shape index (κ2) is 5.36. The van der Waals surface area contributed by atoms with Crippen molar-refractivity contribution in [2.45, 2.75) is 52.1 Å². The minimum Gasteiger partial charge on any atom is -0.390 e. The third-order valence-corrected chi connectivity index (χ3v) is 2.37. The first-order valence-electron chi connectivity index (χ1n) is 4.85. The van der Waals surface area contributed by atoms with Gasteiger partial charge in [-0.3, -0.25) is 0 Å². The van der Waals surface area contributed by atoms with E-state index in [1.165, 1.54) is 0 Å². The Hall–Kier alpha value is -0.300. The average molecular weight is 170 g/mol. The Kier molecular flexibility index (Phi) is 5.23. The van der Waals surface area contributed by atoms with Gasteiger partial charge >= 0.3 is 0 Å². The molecule has 0 aliphatic rings. The molecule has 0 aliphatic carbocycles. The van der Waals surface area contributed by atoms with Crippen LogP contribution in [0.25, 0.3) is 0 Å². The van der Waals surface area contributed by atoms with Crippen LogP contribution in [-0.4, -0.2) is 10.7 Å². The Bertz CT molecular complexity index is 127. The fraction of sp³-hybridized carbons (Fsp3) is 0.818. The molecule has 0 fully saturated rings. The largest absolute Gasteiger partial charge is 0.390 e. The number of rotatable bonds is 6.